The molecule has 100 valence electrons. The zero-order valence-corrected chi connectivity index (χ0v) is 11.0. The molecule has 1 aromatic carbocycles. The summed E-state index contributed by atoms with van der Waals surface area (Å²) in [6.45, 7) is 1.92. The van der Waals surface area contributed by atoms with Gasteiger partial charge in [0.25, 0.3) is 0 Å². The third-order valence-corrected chi connectivity index (χ3v) is 3.98. The SMILES string of the molecule is Cc1ccc2c(c1)oc(=O)c1c3c(c(=O)oc12)CCC3. The average Bonchev–Trinajstić information content (AvgIpc) is 2.87. The minimum Gasteiger partial charge on any atom is -0.422 e. The molecule has 0 radical (unpaired) electrons. The Hall–Kier alpha value is -2.36. The fraction of sp³-hybridized carbons (Fsp3) is 0.250. The molecule has 0 spiro atoms. The molecule has 0 saturated carbocycles. The van der Waals surface area contributed by atoms with Crippen LogP contribution in [-0.2, 0) is 12.8 Å². The van der Waals surface area contributed by atoms with Gasteiger partial charge in [-0.1, -0.05) is 6.07 Å². The van der Waals surface area contributed by atoms with Crippen molar-refractivity contribution in [3.8, 4) is 0 Å². The number of aryl methyl sites for hydroxylation is 2. The van der Waals surface area contributed by atoms with Gasteiger partial charge in [0, 0.05) is 5.56 Å². The average molecular weight is 268 g/mol. The first-order chi connectivity index (χ1) is 9.65. The summed E-state index contributed by atoms with van der Waals surface area (Å²) < 4.78 is 10.8. The van der Waals surface area contributed by atoms with Crippen LogP contribution in [0.15, 0.2) is 36.6 Å². The Morgan fingerprint density at radius 2 is 1.80 bits per heavy atom. The van der Waals surface area contributed by atoms with E-state index in [1.807, 2.05) is 19.1 Å². The molecule has 4 nitrogen and oxygen atoms in total. The van der Waals surface area contributed by atoms with Gasteiger partial charge in [-0.3, -0.25) is 0 Å². The second-order valence-corrected chi connectivity index (χ2v) is 5.29. The van der Waals surface area contributed by atoms with Gasteiger partial charge in [-0.15, -0.1) is 0 Å². The van der Waals surface area contributed by atoms with E-state index in [-0.39, 0.29) is 5.63 Å². The maximum Gasteiger partial charge on any atom is 0.347 e. The molecule has 20 heavy (non-hydrogen) atoms. The number of hydrogen-bond donors (Lipinski definition) is 0. The Balaban J connectivity index is 2.32. The van der Waals surface area contributed by atoms with Crippen molar-refractivity contribution in [3.05, 3.63) is 55.7 Å². The third-order valence-electron chi connectivity index (χ3n) is 3.98. The molecule has 4 heteroatoms. The number of benzene rings is 1. The lowest BCUT2D eigenvalue weighted by molar-refractivity contribution is 0.537. The van der Waals surface area contributed by atoms with E-state index in [2.05, 4.69) is 0 Å². The second kappa shape index (κ2) is 3.82. The summed E-state index contributed by atoms with van der Waals surface area (Å²) in [6.07, 6.45) is 2.29. The van der Waals surface area contributed by atoms with Crippen molar-refractivity contribution in [2.24, 2.45) is 0 Å². The van der Waals surface area contributed by atoms with Crippen LogP contribution in [0.25, 0.3) is 21.9 Å². The minimum absolute atomic E-state index is 0.322. The van der Waals surface area contributed by atoms with Crippen LogP contribution < -0.4 is 11.3 Å². The summed E-state index contributed by atoms with van der Waals surface area (Å²) in [5, 5.41) is 1.12. The molecule has 0 aliphatic heterocycles. The van der Waals surface area contributed by atoms with Crippen molar-refractivity contribution in [2.75, 3.05) is 0 Å². The third kappa shape index (κ3) is 1.42. The predicted molar refractivity (Wildman–Crippen MR) is 75.3 cm³/mol. The van der Waals surface area contributed by atoms with Crippen molar-refractivity contribution in [2.45, 2.75) is 26.2 Å². The van der Waals surface area contributed by atoms with E-state index in [9.17, 15) is 9.59 Å². The molecule has 0 atom stereocenters. The van der Waals surface area contributed by atoms with Gasteiger partial charge < -0.3 is 8.83 Å². The molecule has 3 aromatic rings. The van der Waals surface area contributed by atoms with Crippen LogP contribution in [-0.4, -0.2) is 0 Å². The Morgan fingerprint density at radius 1 is 1.00 bits per heavy atom. The summed E-state index contributed by atoms with van der Waals surface area (Å²) >= 11 is 0. The van der Waals surface area contributed by atoms with Crippen molar-refractivity contribution >= 4 is 21.9 Å². The molecule has 0 unspecified atom stereocenters. The molecule has 0 amide bonds. The van der Waals surface area contributed by atoms with Gasteiger partial charge >= 0.3 is 11.3 Å². The molecule has 1 aliphatic rings. The van der Waals surface area contributed by atoms with E-state index in [1.165, 1.54) is 0 Å². The maximum atomic E-state index is 12.2. The lowest BCUT2D eigenvalue weighted by atomic mass is 10.1. The quantitative estimate of drug-likeness (QED) is 0.464. The first kappa shape index (κ1) is 11.5. The van der Waals surface area contributed by atoms with Crippen molar-refractivity contribution in [1.82, 2.24) is 0 Å². The molecule has 0 saturated heterocycles. The highest BCUT2D eigenvalue weighted by Gasteiger charge is 2.23. The molecular weight excluding hydrogens is 256 g/mol. The van der Waals surface area contributed by atoms with E-state index >= 15 is 0 Å². The summed E-state index contributed by atoms with van der Waals surface area (Å²) in [7, 11) is 0. The number of rotatable bonds is 0. The van der Waals surface area contributed by atoms with E-state index in [0.29, 0.717) is 33.9 Å². The Labute approximate surface area is 113 Å². The molecule has 0 bridgehead atoms. The summed E-state index contributed by atoms with van der Waals surface area (Å²) in [4.78, 5) is 24.3. The number of fused-ring (bicyclic) bond motifs is 5. The largest absolute Gasteiger partial charge is 0.422 e. The number of hydrogen-bond acceptors (Lipinski definition) is 4. The van der Waals surface area contributed by atoms with Crippen LogP contribution in [0.2, 0.25) is 0 Å². The first-order valence-electron chi connectivity index (χ1n) is 6.67. The topological polar surface area (TPSA) is 60.4 Å². The maximum absolute atomic E-state index is 12.2. The van der Waals surface area contributed by atoms with Gasteiger partial charge in [-0.05, 0) is 49.4 Å². The highest BCUT2D eigenvalue weighted by Crippen LogP contribution is 2.29. The summed E-state index contributed by atoms with van der Waals surface area (Å²) in [6, 6.07) is 5.53. The van der Waals surface area contributed by atoms with Crippen molar-refractivity contribution in [1.29, 1.82) is 0 Å². The fourth-order valence-electron chi connectivity index (χ4n) is 3.05. The normalized spacial score (nSPS) is 14.1. The molecule has 0 fully saturated rings. The zero-order chi connectivity index (χ0) is 13.9. The van der Waals surface area contributed by atoms with Gasteiger partial charge in [-0.25, -0.2) is 9.59 Å². The molecule has 2 aromatic heterocycles. The molecule has 1 aliphatic carbocycles. The smallest absolute Gasteiger partial charge is 0.347 e. The molecule has 0 N–H and O–H groups in total. The van der Waals surface area contributed by atoms with Gasteiger partial charge in [0.1, 0.15) is 11.0 Å². The van der Waals surface area contributed by atoms with Crippen molar-refractivity contribution in [3.63, 3.8) is 0 Å². The minimum atomic E-state index is -0.417. The van der Waals surface area contributed by atoms with Crippen LogP contribution >= 0.6 is 0 Å². The van der Waals surface area contributed by atoms with Crippen LogP contribution in [0, 0.1) is 6.92 Å². The lowest BCUT2D eigenvalue weighted by Gasteiger charge is -2.05. The standard InChI is InChI=1S/C16H12O4/c1-8-5-6-11-12(7-8)19-16(18)13-9-3-2-4-10(9)15(17)20-14(11)13/h5-7H,2-4H2,1H3. The highest BCUT2D eigenvalue weighted by molar-refractivity contribution is 6.01. The molecule has 2 heterocycles. The lowest BCUT2D eigenvalue weighted by Crippen LogP contribution is -2.12. The van der Waals surface area contributed by atoms with Gasteiger partial charge in [-0.2, -0.15) is 0 Å². The van der Waals surface area contributed by atoms with Crippen LogP contribution in [0.1, 0.15) is 23.1 Å². The summed E-state index contributed by atoms with van der Waals surface area (Å²) in [5.74, 6) is 0. The zero-order valence-electron chi connectivity index (χ0n) is 11.0. The predicted octanol–water partition coefficient (Wildman–Crippen LogP) is 2.70. The Morgan fingerprint density at radius 3 is 2.65 bits per heavy atom. The van der Waals surface area contributed by atoms with E-state index in [0.717, 1.165) is 24.0 Å². The van der Waals surface area contributed by atoms with Gasteiger partial charge in [0.2, 0.25) is 0 Å². The fourth-order valence-corrected chi connectivity index (χ4v) is 3.05. The van der Waals surface area contributed by atoms with E-state index < -0.39 is 5.63 Å². The Kier molecular flexibility index (Phi) is 2.19. The molecular formula is C16H12O4. The highest BCUT2D eigenvalue weighted by atomic mass is 16.4. The summed E-state index contributed by atoms with van der Waals surface area (Å²) in [5.41, 5.74) is 2.52. The van der Waals surface area contributed by atoms with Gasteiger partial charge in [0.05, 0.1) is 5.39 Å². The van der Waals surface area contributed by atoms with Crippen molar-refractivity contribution < 1.29 is 8.83 Å². The first-order valence-corrected chi connectivity index (χ1v) is 6.67. The van der Waals surface area contributed by atoms with E-state index in [4.69, 9.17) is 8.83 Å². The Bertz CT molecular complexity index is 976. The van der Waals surface area contributed by atoms with Crippen LogP contribution in [0.3, 0.4) is 0 Å². The van der Waals surface area contributed by atoms with Crippen LogP contribution in [0.4, 0.5) is 0 Å². The van der Waals surface area contributed by atoms with Gasteiger partial charge in [0.15, 0.2) is 5.58 Å². The second-order valence-electron chi connectivity index (χ2n) is 5.29. The van der Waals surface area contributed by atoms with E-state index in [1.54, 1.807) is 6.07 Å². The van der Waals surface area contributed by atoms with Crippen LogP contribution in [0.5, 0.6) is 0 Å². The molecule has 4 rings (SSSR count). The monoisotopic (exact) mass is 268 g/mol.